The molecule has 0 amide bonds. The van der Waals surface area contributed by atoms with Crippen molar-refractivity contribution < 1.29 is 14.3 Å². The molecule has 0 spiro atoms. The molecule has 320 valence electrons. The third kappa shape index (κ3) is 6.88. The van der Waals surface area contributed by atoms with Crippen LogP contribution in [0.2, 0.25) is 5.02 Å². The molecule has 10 atom stereocenters. The zero-order valence-corrected chi connectivity index (χ0v) is 38.1. The number of likely N-dealkylation sites (tertiary alicyclic amines) is 1. The topological polar surface area (TPSA) is 63.7 Å². The number of hydrogen-bond acceptors (Lipinski definition) is 6. The first kappa shape index (κ1) is 42.5. The van der Waals surface area contributed by atoms with Gasteiger partial charge in [0.25, 0.3) is 0 Å². The van der Waals surface area contributed by atoms with Crippen LogP contribution in [0.15, 0.2) is 53.8 Å². The van der Waals surface area contributed by atoms with Crippen molar-refractivity contribution in [3.8, 4) is 5.88 Å². The van der Waals surface area contributed by atoms with E-state index < -0.39 is 5.41 Å². The Bertz CT molecular complexity index is 1780. The van der Waals surface area contributed by atoms with Crippen molar-refractivity contribution in [3.05, 3.63) is 58.8 Å². The number of carbonyl (C=O) groups excluding carboxylic acids is 1. The summed E-state index contributed by atoms with van der Waals surface area (Å²) in [6, 6.07) is 3.56. The van der Waals surface area contributed by atoms with E-state index in [9.17, 15) is 4.79 Å². The van der Waals surface area contributed by atoms with Gasteiger partial charge in [0.15, 0.2) is 0 Å². The predicted octanol–water partition coefficient (Wildman–Crippen LogP) is 11.8. The van der Waals surface area contributed by atoms with Crippen molar-refractivity contribution in [1.82, 2.24) is 15.2 Å². The van der Waals surface area contributed by atoms with Gasteiger partial charge in [-0.1, -0.05) is 76.9 Å². The molecule has 5 fully saturated rings. The summed E-state index contributed by atoms with van der Waals surface area (Å²) in [5.41, 5.74) is 4.88. The molecule has 6 aliphatic carbocycles. The van der Waals surface area contributed by atoms with Gasteiger partial charge in [-0.15, -0.1) is 0 Å². The number of nitrogens with zero attached hydrogens (tertiary/aromatic N) is 2. The zero-order valence-electron chi connectivity index (χ0n) is 37.3. The molecule has 0 aromatic carbocycles. The molecule has 1 N–H and O–H groups in total. The number of nitrogens with one attached hydrogen (secondary N) is 1. The normalized spacial score (nSPS) is 40.9. The standard InChI is InChI=1S/C51H76ClN3O3/c1-9-57-45(56)50(34-58-44-40(52)14-13-29-53-44)24-17-36(18-25-50)38-20-22-47(6)41(46(38,4)5)21-23-49(8)42(47)16-15-39-43-37(35(2)3)19-26-51(43,28-27-48(39,49)7)54-30-33-55-31-11-10-12-32-55/h13-14,17,20,29,37,39,41-43,54H,2,9-12,15-16,18-19,21-28,30-34H2,1,3-8H3/t37-,39+,41-,42+,43+,47-,48+,49+,50-,51-/m0/s1. The van der Waals surface area contributed by atoms with Crippen molar-refractivity contribution in [2.45, 2.75) is 150 Å². The minimum absolute atomic E-state index is 0.0519. The fraction of sp³-hybridized carbons (Fsp3) is 0.765. The summed E-state index contributed by atoms with van der Waals surface area (Å²) in [5.74, 6) is 3.63. The second-order valence-electron chi connectivity index (χ2n) is 21.7. The van der Waals surface area contributed by atoms with Crippen LogP contribution in [0.5, 0.6) is 5.88 Å². The average Bonchev–Trinajstić information content (AvgIpc) is 3.59. The number of allylic oxidation sites excluding steroid dienone is 5. The molecule has 0 bridgehead atoms. The van der Waals surface area contributed by atoms with Crippen molar-refractivity contribution in [2.24, 2.45) is 56.7 Å². The summed E-state index contributed by atoms with van der Waals surface area (Å²) >= 11 is 6.40. The van der Waals surface area contributed by atoms with Crippen molar-refractivity contribution in [1.29, 1.82) is 0 Å². The number of ether oxygens (including phenoxy) is 2. The maximum Gasteiger partial charge on any atom is 0.315 e. The highest BCUT2D eigenvalue weighted by molar-refractivity contribution is 6.31. The number of piperidine rings is 1. The molecule has 0 unspecified atom stereocenters. The fourth-order valence-electron chi connectivity index (χ4n) is 15.7. The molecule has 6 nitrogen and oxygen atoms in total. The van der Waals surface area contributed by atoms with Crippen LogP contribution < -0.4 is 10.1 Å². The van der Waals surface area contributed by atoms with Crippen LogP contribution in [0.25, 0.3) is 0 Å². The summed E-state index contributed by atoms with van der Waals surface area (Å²) in [7, 11) is 0. The molecule has 1 saturated heterocycles. The van der Waals surface area contributed by atoms with Crippen LogP contribution in [-0.2, 0) is 9.53 Å². The van der Waals surface area contributed by atoms with Crippen LogP contribution in [0.3, 0.4) is 0 Å². The predicted molar refractivity (Wildman–Crippen MR) is 237 cm³/mol. The molecule has 0 radical (unpaired) electrons. The number of pyridine rings is 1. The highest BCUT2D eigenvalue weighted by atomic mass is 35.5. The van der Waals surface area contributed by atoms with Gasteiger partial charge in [-0.05, 0) is 191 Å². The minimum atomic E-state index is -0.752. The molecule has 1 aromatic rings. The quantitative estimate of drug-likeness (QED) is 0.177. The Kier molecular flexibility index (Phi) is 11.7. The van der Waals surface area contributed by atoms with Crippen LogP contribution in [0.1, 0.15) is 145 Å². The van der Waals surface area contributed by atoms with E-state index >= 15 is 0 Å². The third-order valence-corrected chi connectivity index (χ3v) is 19.2. The van der Waals surface area contributed by atoms with E-state index in [2.05, 4.69) is 75.5 Å². The molecule has 7 heteroatoms. The number of hydrogen-bond donors (Lipinski definition) is 1. The van der Waals surface area contributed by atoms with E-state index in [0.29, 0.717) is 64.9 Å². The minimum Gasteiger partial charge on any atom is -0.475 e. The summed E-state index contributed by atoms with van der Waals surface area (Å²) in [4.78, 5) is 20.6. The summed E-state index contributed by atoms with van der Waals surface area (Å²) in [6.45, 7) is 27.7. The van der Waals surface area contributed by atoms with Crippen molar-refractivity contribution in [3.63, 3.8) is 0 Å². The maximum atomic E-state index is 13.6. The lowest BCUT2D eigenvalue weighted by Crippen LogP contribution is -2.68. The van der Waals surface area contributed by atoms with Gasteiger partial charge in [-0.2, -0.15) is 0 Å². The Labute approximate surface area is 356 Å². The maximum absolute atomic E-state index is 13.6. The molecule has 1 aliphatic heterocycles. The SMILES string of the molecule is C=C(C)[C@@H]1CC[C@]2(NCCN3CCCCC3)CC[C@]3(C)[C@H](CC[C@@H]4[C@@]5(C)CC=C(C6=CC[C@](COc7ncccc7Cl)(C(=O)OCC)CC6)C(C)(C)[C@@H]5CC[C@]43C)[C@@H]12. The second-order valence-corrected chi connectivity index (χ2v) is 22.1. The second kappa shape index (κ2) is 16.0. The third-order valence-electron chi connectivity index (χ3n) is 18.9. The highest BCUT2D eigenvalue weighted by Crippen LogP contribution is 2.76. The molecule has 8 rings (SSSR count). The van der Waals surface area contributed by atoms with E-state index in [0.717, 1.165) is 25.3 Å². The largest absolute Gasteiger partial charge is 0.475 e. The number of rotatable bonds is 11. The number of carbonyl (C=O) groups is 1. The van der Waals surface area contributed by atoms with Gasteiger partial charge in [-0.3, -0.25) is 4.79 Å². The molecular weight excluding hydrogens is 738 g/mol. The number of fused-ring (bicyclic) bond motifs is 7. The zero-order chi connectivity index (χ0) is 41.1. The van der Waals surface area contributed by atoms with Gasteiger partial charge < -0.3 is 19.7 Å². The van der Waals surface area contributed by atoms with Gasteiger partial charge in [0.1, 0.15) is 17.0 Å². The van der Waals surface area contributed by atoms with Crippen LogP contribution in [0.4, 0.5) is 0 Å². The van der Waals surface area contributed by atoms with Gasteiger partial charge in [0.05, 0.1) is 6.61 Å². The van der Waals surface area contributed by atoms with Crippen molar-refractivity contribution >= 4 is 17.6 Å². The molecule has 7 aliphatic rings. The summed E-state index contributed by atoms with van der Waals surface area (Å²) in [6.07, 6.45) is 24.8. The van der Waals surface area contributed by atoms with Gasteiger partial charge >= 0.3 is 5.97 Å². The highest BCUT2D eigenvalue weighted by Gasteiger charge is 2.70. The van der Waals surface area contributed by atoms with E-state index in [1.54, 1.807) is 18.3 Å². The first-order valence-electron chi connectivity index (χ1n) is 23.6. The van der Waals surface area contributed by atoms with Crippen molar-refractivity contribution in [2.75, 3.05) is 39.4 Å². The summed E-state index contributed by atoms with van der Waals surface area (Å²) in [5, 5.41) is 4.82. The lowest BCUT2D eigenvalue weighted by atomic mass is 9.33. The Morgan fingerprint density at radius 3 is 2.45 bits per heavy atom. The molecule has 2 heterocycles. The van der Waals surface area contributed by atoms with Crippen LogP contribution >= 0.6 is 11.6 Å². The number of esters is 1. The average molecular weight is 815 g/mol. The van der Waals surface area contributed by atoms with E-state index in [1.165, 1.54) is 107 Å². The molecule has 4 saturated carbocycles. The van der Waals surface area contributed by atoms with E-state index in [4.69, 9.17) is 21.1 Å². The molecular formula is C51H76ClN3O3. The van der Waals surface area contributed by atoms with E-state index in [-0.39, 0.29) is 28.9 Å². The molecule has 1 aromatic heterocycles. The lowest BCUT2D eigenvalue weighted by Gasteiger charge is -2.72. The lowest BCUT2D eigenvalue weighted by molar-refractivity contribution is -0.221. The Morgan fingerprint density at radius 1 is 0.948 bits per heavy atom. The smallest absolute Gasteiger partial charge is 0.315 e. The Balaban J connectivity index is 1.02. The fourth-order valence-corrected chi connectivity index (χ4v) is 15.9. The summed E-state index contributed by atoms with van der Waals surface area (Å²) < 4.78 is 11.8. The Hall–Kier alpha value is -2.15. The molecule has 58 heavy (non-hydrogen) atoms. The van der Waals surface area contributed by atoms with Gasteiger partial charge in [-0.25, -0.2) is 4.98 Å². The number of halogens is 1. The van der Waals surface area contributed by atoms with E-state index in [1.807, 2.05) is 6.92 Å². The van der Waals surface area contributed by atoms with Gasteiger partial charge in [0.2, 0.25) is 5.88 Å². The first-order chi connectivity index (χ1) is 27.6. The number of aromatic nitrogens is 1. The first-order valence-corrected chi connectivity index (χ1v) is 24.0. The monoisotopic (exact) mass is 814 g/mol. The van der Waals surface area contributed by atoms with Crippen LogP contribution in [-0.4, -0.2) is 60.8 Å². The van der Waals surface area contributed by atoms with Gasteiger partial charge in [0, 0.05) is 24.8 Å². The van der Waals surface area contributed by atoms with Crippen LogP contribution in [0, 0.1) is 56.7 Å². The Morgan fingerprint density at radius 2 is 1.74 bits per heavy atom.